The van der Waals surface area contributed by atoms with Crippen LogP contribution in [-0.4, -0.2) is 16.8 Å². The second-order valence-corrected chi connectivity index (χ2v) is 6.59. The molecule has 0 aliphatic heterocycles. The van der Waals surface area contributed by atoms with Crippen LogP contribution in [0.5, 0.6) is 0 Å². The number of aromatic nitrogens is 1. The van der Waals surface area contributed by atoms with Gasteiger partial charge in [0.25, 0.3) is 11.8 Å². The van der Waals surface area contributed by atoms with E-state index >= 15 is 0 Å². The molecule has 2 aromatic heterocycles. The molecular weight excluding hydrogens is 334 g/mol. The van der Waals surface area contributed by atoms with Gasteiger partial charge in [-0.1, -0.05) is 18.2 Å². The Morgan fingerprint density at radius 1 is 1.08 bits per heavy atom. The van der Waals surface area contributed by atoms with Gasteiger partial charge >= 0.3 is 0 Å². The average molecular weight is 351 g/mol. The van der Waals surface area contributed by atoms with Crippen molar-refractivity contribution >= 4 is 28.2 Å². The van der Waals surface area contributed by atoms with Gasteiger partial charge in [0.15, 0.2) is 0 Å². The zero-order valence-electron chi connectivity index (χ0n) is 13.9. The number of carbonyl (C=O) groups is 2. The number of nitrogens with one attached hydrogen (secondary N) is 1. The minimum atomic E-state index is -0.570. The number of primary amides is 1. The summed E-state index contributed by atoms with van der Waals surface area (Å²) in [5, 5.41) is 5.06. The first-order chi connectivity index (χ1) is 12.0. The van der Waals surface area contributed by atoms with Gasteiger partial charge < -0.3 is 11.1 Å². The summed E-state index contributed by atoms with van der Waals surface area (Å²) in [5.74, 6) is -0.877. The van der Waals surface area contributed by atoms with Gasteiger partial charge in [-0.05, 0) is 42.7 Å². The Kier molecular flexibility index (Phi) is 4.63. The van der Waals surface area contributed by atoms with Crippen LogP contribution in [0.3, 0.4) is 0 Å². The van der Waals surface area contributed by atoms with Gasteiger partial charge in [0.2, 0.25) is 0 Å². The molecule has 0 saturated heterocycles. The Morgan fingerprint density at radius 2 is 1.80 bits per heavy atom. The predicted octanol–water partition coefficient (Wildman–Crippen LogP) is 3.78. The minimum Gasteiger partial charge on any atom is -0.365 e. The number of nitrogens with zero attached hydrogens (tertiary/aromatic N) is 1. The van der Waals surface area contributed by atoms with Gasteiger partial charge in [-0.25, -0.2) is 0 Å². The lowest BCUT2D eigenvalue weighted by atomic mass is 9.99. The fourth-order valence-corrected chi connectivity index (χ4v) is 3.46. The van der Waals surface area contributed by atoms with E-state index in [2.05, 4.69) is 10.3 Å². The topological polar surface area (TPSA) is 85.1 Å². The number of nitrogens with two attached hydrogens (primary N) is 1. The number of pyridine rings is 1. The molecule has 1 aromatic carbocycles. The van der Waals surface area contributed by atoms with Crippen molar-refractivity contribution in [1.82, 2.24) is 4.98 Å². The van der Waals surface area contributed by atoms with Gasteiger partial charge in [0.1, 0.15) is 5.00 Å². The maximum Gasteiger partial charge on any atom is 0.256 e. The summed E-state index contributed by atoms with van der Waals surface area (Å²) in [6.07, 6.45) is 3.08. The van der Waals surface area contributed by atoms with E-state index in [0.29, 0.717) is 16.1 Å². The molecule has 0 saturated carbocycles. The Labute approximate surface area is 149 Å². The zero-order chi connectivity index (χ0) is 18.0. The van der Waals surface area contributed by atoms with Crippen molar-refractivity contribution in [2.75, 3.05) is 5.32 Å². The van der Waals surface area contributed by atoms with Crippen LogP contribution >= 0.6 is 11.3 Å². The Morgan fingerprint density at radius 3 is 2.44 bits per heavy atom. The summed E-state index contributed by atoms with van der Waals surface area (Å²) in [5.41, 5.74) is 10.3. The van der Waals surface area contributed by atoms with Crippen molar-refractivity contribution in [3.8, 4) is 11.1 Å². The average Bonchev–Trinajstić information content (AvgIpc) is 3.02. The molecule has 5 nitrogen and oxygen atoms in total. The van der Waals surface area contributed by atoms with E-state index in [1.807, 2.05) is 37.4 Å². The van der Waals surface area contributed by atoms with Crippen molar-refractivity contribution in [1.29, 1.82) is 0 Å². The molecule has 25 heavy (non-hydrogen) atoms. The van der Waals surface area contributed by atoms with Crippen molar-refractivity contribution in [2.45, 2.75) is 13.8 Å². The van der Waals surface area contributed by atoms with Crippen LogP contribution in [0, 0.1) is 13.8 Å². The van der Waals surface area contributed by atoms with E-state index in [1.165, 1.54) is 16.9 Å². The monoisotopic (exact) mass is 351 g/mol. The maximum absolute atomic E-state index is 12.3. The maximum atomic E-state index is 12.3. The van der Waals surface area contributed by atoms with Crippen LogP contribution < -0.4 is 11.1 Å². The second-order valence-electron chi connectivity index (χ2n) is 5.71. The van der Waals surface area contributed by atoms with Crippen molar-refractivity contribution < 1.29 is 9.59 Å². The molecule has 0 aliphatic rings. The Bertz CT molecular complexity index is 949. The first-order valence-corrected chi connectivity index (χ1v) is 8.55. The van der Waals surface area contributed by atoms with Crippen LogP contribution in [0.1, 0.15) is 31.8 Å². The zero-order valence-corrected chi connectivity index (χ0v) is 14.7. The lowest BCUT2D eigenvalue weighted by Gasteiger charge is -2.08. The minimum absolute atomic E-state index is 0.307. The lowest BCUT2D eigenvalue weighted by Crippen LogP contribution is -2.17. The van der Waals surface area contributed by atoms with Crippen molar-refractivity contribution in [2.24, 2.45) is 5.73 Å². The molecule has 0 spiro atoms. The third-order valence-corrected chi connectivity index (χ3v) is 4.92. The number of carbonyl (C=O) groups excluding carboxylic acids is 2. The largest absolute Gasteiger partial charge is 0.365 e. The molecule has 0 bridgehead atoms. The Balaban J connectivity index is 1.99. The number of anilines is 1. The summed E-state index contributed by atoms with van der Waals surface area (Å²) >= 11 is 1.28. The first-order valence-electron chi connectivity index (χ1n) is 7.67. The van der Waals surface area contributed by atoms with Gasteiger partial charge in [0.05, 0.1) is 5.56 Å². The second kappa shape index (κ2) is 6.86. The third kappa shape index (κ3) is 3.44. The molecule has 2 heterocycles. The molecule has 0 aliphatic carbocycles. The number of rotatable bonds is 4. The molecule has 3 N–H and O–H groups in total. The van der Waals surface area contributed by atoms with Gasteiger partial charge in [-0.2, -0.15) is 0 Å². The highest BCUT2D eigenvalue weighted by Crippen LogP contribution is 2.36. The van der Waals surface area contributed by atoms with Crippen LogP contribution in [0.2, 0.25) is 0 Å². The number of aryl methyl sites for hydroxylation is 2. The molecule has 6 heteroatoms. The molecule has 3 rings (SSSR count). The van der Waals surface area contributed by atoms with Gasteiger partial charge in [-0.15, -0.1) is 11.3 Å². The van der Waals surface area contributed by atoms with E-state index in [0.717, 1.165) is 16.7 Å². The van der Waals surface area contributed by atoms with Crippen molar-refractivity contribution in [3.05, 3.63) is 70.4 Å². The predicted molar refractivity (Wildman–Crippen MR) is 99.9 cm³/mol. The highest BCUT2D eigenvalue weighted by atomic mass is 32.1. The van der Waals surface area contributed by atoms with E-state index in [-0.39, 0.29) is 5.91 Å². The fourth-order valence-electron chi connectivity index (χ4n) is 2.49. The van der Waals surface area contributed by atoms with Crippen LogP contribution in [0.15, 0.2) is 48.1 Å². The summed E-state index contributed by atoms with van der Waals surface area (Å²) < 4.78 is 0. The number of amides is 2. The van der Waals surface area contributed by atoms with E-state index in [1.54, 1.807) is 24.5 Å². The summed E-state index contributed by atoms with van der Waals surface area (Å²) in [6, 6.07) is 9.18. The summed E-state index contributed by atoms with van der Waals surface area (Å²) in [4.78, 5) is 28.3. The highest BCUT2D eigenvalue weighted by molar-refractivity contribution is 7.15. The molecule has 3 aromatic rings. The SMILES string of the molecule is Cc1ccc(-c2csc(NC(=O)c3ccncc3)c2C(N)=O)cc1C. The molecular formula is C19H17N3O2S. The third-order valence-electron chi connectivity index (χ3n) is 4.02. The fraction of sp³-hybridized carbons (Fsp3) is 0.105. The number of hydrogen-bond donors (Lipinski definition) is 2. The molecule has 0 radical (unpaired) electrons. The number of thiophene rings is 1. The van der Waals surface area contributed by atoms with Crippen LogP contribution in [0.25, 0.3) is 11.1 Å². The molecule has 0 fully saturated rings. The number of hydrogen-bond acceptors (Lipinski definition) is 4. The van der Waals surface area contributed by atoms with Crippen LogP contribution in [-0.2, 0) is 0 Å². The molecule has 2 amide bonds. The highest BCUT2D eigenvalue weighted by Gasteiger charge is 2.20. The van der Waals surface area contributed by atoms with E-state index in [4.69, 9.17) is 5.73 Å². The van der Waals surface area contributed by atoms with E-state index in [9.17, 15) is 9.59 Å². The molecule has 0 atom stereocenters. The summed E-state index contributed by atoms with van der Waals surface area (Å²) in [6.45, 7) is 4.05. The normalized spacial score (nSPS) is 10.5. The van der Waals surface area contributed by atoms with Gasteiger partial charge in [0, 0.05) is 28.9 Å². The quantitative estimate of drug-likeness (QED) is 0.750. The smallest absolute Gasteiger partial charge is 0.256 e. The standard InChI is InChI=1S/C19H17N3O2S/c1-11-3-4-14(9-12(11)2)15-10-25-19(16(15)17(20)23)22-18(24)13-5-7-21-8-6-13/h3-10H,1-2H3,(H2,20,23)(H,22,24). The molecule has 0 unspecified atom stereocenters. The van der Waals surface area contributed by atoms with E-state index < -0.39 is 5.91 Å². The summed E-state index contributed by atoms with van der Waals surface area (Å²) in [7, 11) is 0. The van der Waals surface area contributed by atoms with Crippen molar-refractivity contribution in [3.63, 3.8) is 0 Å². The first kappa shape index (κ1) is 16.9. The molecule has 126 valence electrons. The van der Waals surface area contributed by atoms with Gasteiger partial charge in [-0.3, -0.25) is 14.6 Å². The Hall–Kier alpha value is -2.99. The van der Waals surface area contributed by atoms with Crippen LogP contribution in [0.4, 0.5) is 5.00 Å². The lowest BCUT2D eigenvalue weighted by molar-refractivity contribution is 0.100. The number of benzene rings is 1.